The summed E-state index contributed by atoms with van der Waals surface area (Å²) in [6.45, 7) is 0. The van der Waals surface area contributed by atoms with Crippen LogP contribution >= 0.6 is 0 Å². The van der Waals surface area contributed by atoms with Crippen LogP contribution in [0, 0.1) is 5.92 Å². The van der Waals surface area contributed by atoms with Crippen molar-refractivity contribution in [1.29, 1.82) is 0 Å². The maximum Gasteiger partial charge on any atom is 0.272 e. The van der Waals surface area contributed by atoms with Crippen LogP contribution in [0.1, 0.15) is 61.9 Å². The average Bonchev–Trinajstić information content (AvgIpc) is 3.21. The number of carbonyl (C=O) groups is 2. The van der Waals surface area contributed by atoms with E-state index in [4.69, 9.17) is 0 Å². The second-order valence-electron chi connectivity index (χ2n) is 6.46. The summed E-state index contributed by atoms with van der Waals surface area (Å²) in [4.78, 5) is 24.4. The Balaban J connectivity index is 1.62. The number of hydrogen-bond donors (Lipinski definition) is 2. The molecule has 22 heavy (non-hydrogen) atoms. The Kier molecular flexibility index (Phi) is 4.45. The van der Waals surface area contributed by atoms with Gasteiger partial charge in [0.05, 0.1) is 0 Å². The van der Waals surface area contributed by atoms with Crippen LogP contribution in [0.4, 0.5) is 5.82 Å². The second kappa shape index (κ2) is 6.50. The fourth-order valence-electron chi connectivity index (χ4n) is 3.44. The third kappa shape index (κ3) is 3.31. The van der Waals surface area contributed by atoms with Gasteiger partial charge in [-0.1, -0.05) is 25.7 Å². The Hall–Kier alpha value is -1.85. The molecule has 0 saturated heterocycles. The highest BCUT2D eigenvalue weighted by atomic mass is 16.2. The predicted molar refractivity (Wildman–Crippen MR) is 83.5 cm³/mol. The second-order valence-corrected chi connectivity index (χ2v) is 6.46. The number of amides is 2. The van der Waals surface area contributed by atoms with E-state index in [1.807, 2.05) is 0 Å². The number of aryl methyl sites for hydroxylation is 1. The molecular formula is C16H24N4O2. The Labute approximate surface area is 130 Å². The number of nitrogens with zero attached hydrogens (tertiary/aromatic N) is 2. The normalized spacial score (nSPS) is 19.5. The van der Waals surface area contributed by atoms with Gasteiger partial charge in [-0.25, -0.2) is 0 Å². The number of carbonyl (C=O) groups excluding carboxylic acids is 2. The van der Waals surface area contributed by atoms with Gasteiger partial charge in [0.1, 0.15) is 5.82 Å². The largest absolute Gasteiger partial charge is 0.348 e. The Morgan fingerprint density at radius 2 is 1.77 bits per heavy atom. The van der Waals surface area contributed by atoms with Crippen molar-refractivity contribution in [2.24, 2.45) is 13.0 Å². The fourth-order valence-corrected chi connectivity index (χ4v) is 3.44. The molecular weight excluding hydrogens is 280 g/mol. The molecule has 0 bridgehead atoms. The first kappa shape index (κ1) is 15.1. The monoisotopic (exact) mass is 304 g/mol. The van der Waals surface area contributed by atoms with Crippen LogP contribution in [0.15, 0.2) is 6.07 Å². The third-order valence-corrected chi connectivity index (χ3v) is 4.78. The number of hydrogen-bond acceptors (Lipinski definition) is 3. The van der Waals surface area contributed by atoms with Crippen LogP contribution < -0.4 is 10.6 Å². The highest BCUT2D eigenvalue weighted by molar-refractivity contribution is 5.96. The predicted octanol–water partition coefficient (Wildman–Crippen LogP) is 2.22. The van der Waals surface area contributed by atoms with E-state index in [0.29, 0.717) is 11.5 Å². The van der Waals surface area contributed by atoms with Gasteiger partial charge in [-0.15, -0.1) is 0 Å². The lowest BCUT2D eigenvalue weighted by atomic mass is 10.1. The first-order chi connectivity index (χ1) is 10.6. The maximum atomic E-state index is 12.2. The molecule has 2 saturated carbocycles. The van der Waals surface area contributed by atoms with Gasteiger partial charge in [0.25, 0.3) is 5.91 Å². The molecule has 6 nitrogen and oxygen atoms in total. The van der Waals surface area contributed by atoms with Gasteiger partial charge in [-0.05, 0) is 25.7 Å². The molecule has 2 aliphatic rings. The lowest BCUT2D eigenvalue weighted by Gasteiger charge is -2.10. The first-order valence-corrected chi connectivity index (χ1v) is 8.29. The molecule has 120 valence electrons. The van der Waals surface area contributed by atoms with E-state index in [-0.39, 0.29) is 23.8 Å². The summed E-state index contributed by atoms with van der Waals surface area (Å²) in [5, 5.41) is 10.1. The number of rotatable bonds is 4. The first-order valence-electron chi connectivity index (χ1n) is 8.29. The number of anilines is 1. The SMILES string of the molecule is Cn1nc(C(=O)NC2CCCC2)cc1NC(=O)C1CCCC1. The number of aromatic nitrogens is 2. The molecule has 0 aromatic carbocycles. The van der Waals surface area contributed by atoms with Crippen LogP contribution in [0.2, 0.25) is 0 Å². The molecule has 3 rings (SSSR count). The van der Waals surface area contributed by atoms with Crippen molar-refractivity contribution in [3.63, 3.8) is 0 Å². The smallest absolute Gasteiger partial charge is 0.272 e. The van der Waals surface area contributed by atoms with Crippen LogP contribution in [0.25, 0.3) is 0 Å². The lowest BCUT2D eigenvalue weighted by Crippen LogP contribution is -2.32. The van der Waals surface area contributed by atoms with Crippen molar-refractivity contribution in [3.8, 4) is 0 Å². The Morgan fingerprint density at radius 1 is 1.14 bits per heavy atom. The molecule has 1 heterocycles. The van der Waals surface area contributed by atoms with Crippen molar-refractivity contribution >= 4 is 17.6 Å². The topological polar surface area (TPSA) is 76.0 Å². The van der Waals surface area contributed by atoms with Crippen molar-refractivity contribution in [2.45, 2.75) is 57.4 Å². The zero-order chi connectivity index (χ0) is 15.5. The minimum absolute atomic E-state index is 0.0447. The summed E-state index contributed by atoms with van der Waals surface area (Å²) in [5.41, 5.74) is 0.371. The third-order valence-electron chi connectivity index (χ3n) is 4.78. The molecule has 0 radical (unpaired) electrons. The van der Waals surface area contributed by atoms with Crippen molar-refractivity contribution in [2.75, 3.05) is 5.32 Å². The molecule has 1 aromatic rings. The molecule has 1 aromatic heterocycles. The van der Waals surface area contributed by atoms with Crippen molar-refractivity contribution in [1.82, 2.24) is 15.1 Å². The van der Waals surface area contributed by atoms with E-state index >= 15 is 0 Å². The zero-order valence-corrected chi connectivity index (χ0v) is 13.1. The van der Waals surface area contributed by atoms with E-state index in [2.05, 4.69) is 15.7 Å². The van der Waals surface area contributed by atoms with Gasteiger partial charge in [0, 0.05) is 25.1 Å². The van der Waals surface area contributed by atoms with Gasteiger partial charge in [0.15, 0.2) is 5.69 Å². The molecule has 2 amide bonds. The molecule has 0 unspecified atom stereocenters. The minimum atomic E-state index is -0.149. The lowest BCUT2D eigenvalue weighted by molar-refractivity contribution is -0.119. The molecule has 2 N–H and O–H groups in total. The van der Waals surface area contributed by atoms with Crippen LogP contribution in [0.5, 0.6) is 0 Å². The highest BCUT2D eigenvalue weighted by Crippen LogP contribution is 2.26. The van der Waals surface area contributed by atoms with Crippen LogP contribution in [0.3, 0.4) is 0 Å². The van der Waals surface area contributed by atoms with E-state index < -0.39 is 0 Å². The summed E-state index contributed by atoms with van der Waals surface area (Å²) in [7, 11) is 1.75. The highest BCUT2D eigenvalue weighted by Gasteiger charge is 2.24. The van der Waals surface area contributed by atoms with Crippen molar-refractivity contribution in [3.05, 3.63) is 11.8 Å². The molecule has 2 aliphatic carbocycles. The van der Waals surface area contributed by atoms with Gasteiger partial charge in [-0.2, -0.15) is 5.10 Å². The maximum absolute atomic E-state index is 12.2. The molecule has 0 spiro atoms. The zero-order valence-electron chi connectivity index (χ0n) is 13.1. The van der Waals surface area contributed by atoms with Crippen LogP contribution in [-0.4, -0.2) is 27.6 Å². The Bertz CT molecular complexity index is 554. The minimum Gasteiger partial charge on any atom is -0.348 e. The van der Waals surface area contributed by atoms with Gasteiger partial charge in [0.2, 0.25) is 5.91 Å². The van der Waals surface area contributed by atoms with Gasteiger partial charge in [-0.3, -0.25) is 14.3 Å². The number of nitrogens with one attached hydrogen (secondary N) is 2. The van der Waals surface area contributed by atoms with E-state index in [1.54, 1.807) is 17.8 Å². The molecule has 2 fully saturated rings. The quantitative estimate of drug-likeness (QED) is 0.895. The summed E-state index contributed by atoms with van der Waals surface area (Å²) in [6.07, 6.45) is 8.61. The van der Waals surface area contributed by atoms with Crippen LogP contribution in [-0.2, 0) is 11.8 Å². The van der Waals surface area contributed by atoms with Gasteiger partial charge < -0.3 is 10.6 Å². The fraction of sp³-hybridized carbons (Fsp3) is 0.688. The Morgan fingerprint density at radius 3 is 2.45 bits per heavy atom. The summed E-state index contributed by atoms with van der Waals surface area (Å²) in [5.74, 6) is 0.589. The average molecular weight is 304 g/mol. The molecule has 6 heteroatoms. The summed E-state index contributed by atoms with van der Waals surface area (Å²) >= 11 is 0. The van der Waals surface area contributed by atoms with E-state index in [0.717, 1.165) is 38.5 Å². The van der Waals surface area contributed by atoms with Crippen molar-refractivity contribution < 1.29 is 9.59 Å². The van der Waals surface area contributed by atoms with E-state index in [9.17, 15) is 9.59 Å². The molecule has 0 aliphatic heterocycles. The summed E-state index contributed by atoms with van der Waals surface area (Å²) in [6, 6.07) is 1.93. The van der Waals surface area contributed by atoms with E-state index in [1.165, 1.54) is 12.8 Å². The summed E-state index contributed by atoms with van der Waals surface area (Å²) < 4.78 is 1.57. The standard InChI is InChI=1S/C16H24N4O2/c1-20-14(18-15(21)11-6-2-3-7-11)10-13(19-20)16(22)17-12-8-4-5-9-12/h10-12H,2-9H2,1H3,(H,17,22)(H,18,21). The molecule has 0 atom stereocenters. The van der Waals surface area contributed by atoms with Gasteiger partial charge >= 0.3 is 0 Å².